The van der Waals surface area contributed by atoms with E-state index in [4.69, 9.17) is 23.7 Å². The Kier molecular flexibility index (Phi) is 9.00. The van der Waals surface area contributed by atoms with Gasteiger partial charge in [-0.2, -0.15) is 0 Å². The number of carbonyl (C=O) groups is 4. The Morgan fingerprint density at radius 3 is 1.65 bits per heavy atom. The summed E-state index contributed by atoms with van der Waals surface area (Å²) in [5.41, 5.74) is 0. The smallest absolute Gasteiger partial charge is 0.303 e. The molecule has 9 nitrogen and oxygen atoms in total. The second kappa shape index (κ2) is 10.5. The van der Waals surface area contributed by atoms with Crippen LogP contribution in [0.4, 0.5) is 0 Å². The number of alkyl halides is 1. The summed E-state index contributed by atoms with van der Waals surface area (Å²) >= 11 is 3.29. The van der Waals surface area contributed by atoms with E-state index in [0.29, 0.717) is 11.8 Å². The van der Waals surface area contributed by atoms with Crippen molar-refractivity contribution in [1.82, 2.24) is 0 Å². The van der Waals surface area contributed by atoms with Crippen molar-refractivity contribution in [3.05, 3.63) is 0 Å². The number of carbonyl (C=O) groups excluding carboxylic acids is 4. The zero-order chi connectivity index (χ0) is 19.9. The molecule has 148 valence electrons. The standard InChI is InChI=1S/C16H23BrO9/c1-8(18)22-7-13-15(24-10(3)20)16(25-11(4)21)14(23-9(2)19)12(26-13)5-6-17/h12-16H,5-7H2,1-4H3/t12-,13-,14+,15+,16-/m1/s1. The third kappa shape index (κ3) is 6.91. The van der Waals surface area contributed by atoms with Crippen LogP contribution in [0.3, 0.4) is 0 Å². The second-order valence-corrected chi connectivity index (χ2v) is 6.51. The van der Waals surface area contributed by atoms with Crippen molar-refractivity contribution in [1.29, 1.82) is 0 Å². The van der Waals surface area contributed by atoms with Gasteiger partial charge in [-0.1, -0.05) is 15.9 Å². The van der Waals surface area contributed by atoms with Crippen molar-refractivity contribution >= 4 is 39.8 Å². The third-order valence-corrected chi connectivity index (χ3v) is 3.94. The predicted molar refractivity (Wildman–Crippen MR) is 90.4 cm³/mol. The topological polar surface area (TPSA) is 114 Å². The molecule has 0 aliphatic carbocycles. The van der Waals surface area contributed by atoms with E-state index in [0.717, 1.165) is 0 Å². The highest BCUT2D eigenvalue weighted by atomic mass is 79.9. The van der Waals surface area contributed by atoms with E-state index in [1.54, 1.807) is 0 Å². The second-order valence-electron chi connectivity index (χ2n) is 5.72. The molecule has 1 heterocycles. The Labute approximate surface area is 159 Å². The van der Waals surface area contributed by atoms with Crippen molar-refractivity contribution in [2.45, 2.75) is 64.6 Å². The van der Waals surface area contributed by atoms with Crippen molar-refractivity contribution in [3.63, 3.8) is 0 Å². The molecule has 1 aliphatic rings. The Morgan fingerprint density at radius 2 is 1.23 bits per heavy atom. The molecule has 0 aromatic carbocycles. The summed E-state index contributed by atoms with van der Waals surface area (Å²) in [5.74, 6) is -2.44. The number of esters is 4. The van der Waals surface area contributed by atoms with Crippen molar-refractivity contribution in [3.8, 4) is 0 Å². The molecule has 1 saturated heterocycles. The van der Waals surface area contributed by atoms with Crippen LogP contribution in [0.2, 0.25) is 0 Å². The summed E-state index contributed by atoms with van der Waals surface area (Å²) in [4.78, 5) is 45.8. The maximum absolute atomic E-state index is 11.6. The van der Waals surface area contributed by atoms with Crippen LogP contribution in [-0.2, 0) is 42.9 Å². The summed E-state index contributed by atoms with van der Waals surface area (Å²) in [6.07, 6.45) is -4.31. The molecular weight excluding hydrogens is 416 g/mol. The SMILES string of the molecule is CC(=O)OC[C@H]1O[C@H](CCBr)[C@H](OC(C)=O)[C@@H](OC(C)=O)[C@H]1OC(C)=O. The Bertz CT molecular complexity index is 536. The van der Waals surface area contributed by atoms with Crippen LogP contribution in [0, 0.1) is 0 Å². The average molecular weight is 439 g/mol. The Hall–Kier alpha value is -1.68. The van der Waals surface area contributed by atoms with E-state index in [-0.39, 0.29) is 6.61 Å². The van der Waals surface area contributed by atoms with Crippen molar-refractivity contribution in [2.75, 3.05) is 11.9 Å². The maximum Gasteiger partial charge on any atom is 0.303 e. The summed E-state index contributed by atoms with van der Waals surface area (Å²) < 4.78 is 26.7. The first-order valence-electron chi connectivity index (χ1n) is 8.02. The number of hydrogen-bond acceptors (Lipinski definition) is 9. The van der Waals surface area contributed by atoms with Gasteiger partial charge in [-0.15, -0.1) is 0 Å². The molecule has 0 N–H and O–H groups in total. The van der Waals surface area contributed by atoms with Gasteiger partial charge in [0.05, 0.1) is 6.10 Å². The highest BCUT2D eigenvalue weighted by molar-refractivity contribution is 9.09. The zero-order valence-corrected chi connectivity index (χ0v) is 16.6. The first kappa shape index (κ1) is 22.4. The molecule has 0 bridgehead atoms. The Morgan fingerprint density at radius 1 is 0.769 bits per heavy atom. The van der Waals surface area contributed by atoms with Gasteiger partial charge < -0.3 is 23.7 Å². The van der Waals surface area contributed by atoms with Crippen LogP contribution in [0.25, 0.3) is 0 Å². The molecular formula is C16H23BrO9. The van der Waals surface area contributed by atoms with Gasteiger partial charge in [-0.25, -0.2) is 0 Å². The fourth-order valence-corrected chi connectivity index (χ4v) is 3.11. The van der Waals surface area contributed by atoms with Gasteiger partial charge in [0.2, 0.25) is 0 Å². The summed E-state index contributed by atoms with van der Waals surface area (Å²) in [6.45, 7) is 4.59. The lowest BCUT2D eigenvalue weighted by Crippen LogP contribution is -2.62. The van der Waals surface area contributed by atoms with Crippen LogP contribution in [0.5, 0.6) is 0 Å². The molecule has 0 radical (unpaired) electrons. The molecule has 1 aliphatic heterocycles. The largest absolute Gasteiger partial charge is 0.463 e. The van der Waals surface area contributed by atoms with E-state index in [1.807, 2.05) is 0 Å². The summed E-state index contributed by atoms with van der Waals surface area (Å²) in [7, 11) is 0. The molecule has 0 saturated carbocycles. The number of halogens is 1. The van der Waals surface area contributed by atoms with Gasteiger partial charge in [-0.3, -0.25) is 19.2 Å². The lowest BCUT2D eigenvalue weighted by molar-refractivity contribution is -0.252. The Balaban J connectivity index is 3.22. The molecule has 0 unspecified atom stereocenters. The molecule has 5 atom stereocenters. The molecule has 0 aromatic rings. The minimum atomic E-state index is -1.10. The monoisotopic (exact) mass is 438 g/mol. The van der Waals surface area contributed by atoms with Gasteiger partial charge in [0.15, 0.2) is 18.3 Å². The van der Waals surface area contributed by atoms with Crippen LogP contribution in [0.1, 0.15) is 34.1 Å². The van der Waals surface area contributed by atoms with Gasteiger partial charge in [0.1, 0.15) is 12.7 Å². The molecule has 0 aromatic heterocycles. The first-order valence-corrected chi connectivity index (χ1v) is 9.14. The quantitative estimate of drug-likeness (QED) is 0.324. The molecule has 10 heteroatoms. The maximum atomic E-state index is 11.6. The average Bonchev–Trinajstić information content (AvgIpc) is 2.50. The molecule has 0 spiro atoms. The van der Waals surface area contributed by atoms with E-state index in [2.05, 4.69) is 15.9 Å². The highest BCUT2D eigenvalue weighted by Crippen LogP contribution is 2.31. The van der Waals surface area contributed by atoms with Gasteiger partial charge in [-0.05, 0) is 6.42 Å². The summed E-state index contributed by atoms with van der Waals surface area (Å²) in [5, 5.41) is 0.515. The van der Waals surface area contributed by atoms with Crippen molar-refractivity contribution in [2.24, 2.45) is 0 Å². The highest BCUT2D eigenvalue weighted by Gasteiger charge is 2.51. The van der Waals surface area contributed by atoms with E-state index in [9.17, 15) is 19.2 Å². The molecule has 26 heavy (non-hydrogen) atoms. The molecule has 1 fully saturated rings. The summed E-state index contributed by atoms with van der Waals surface area (Å²) in [6, 6.07) is 0. The van der Waals surface area contributed by atoms with E-state index >= 15 is 0 Å². The lowest BCUT2D eigenvalue weighted by atomic mass is 9.93. The van der Waals surface area contributed by atoms with E-state index < -0.39 is 54.4 Å². The van der Waals surface area contributed by atoms with Gasteiger partial charge in [0.25, 0.3) is 0 Å². The van der Waals surface area contributed by atoms with Gasteiger partial charge >= 0.3 is 23.9 Å². The fraction of sp³-hybridized carbons (Fsp3) is 0.750. The zero-order valence-electron chi connectivity index (χ0n) is 15.1. The lowest BCUT2D eigenvalue weighted by Gasteiger charge is -2.44. The minimum Gasteiger partial charge on any atom is -0.463 e. The molecule has 1 rings (SSSR count). The van der Waals surface area contributed by atoms with E-state index in [1.165, 1.54) is 27.7 Å². The number of hydrogen-bond donors (Lipinski definition) is 0. The van der Waals surface area contributed by atoms with Crippen LogP contribution in [-0.4, -0.2) is 66.3 Å². The van der Waals surface area contributed by atoms with Crippen LogP contribution in [0.15, 0.2) is 0 Å². The fourth-order valence-electron chi connectivity index (χ4n) is 2.66. The normalized spacial score (nSPS) is 28.0. The predicted octanol–water partition coefficient (Wildman–Crippen LogP) is 0.897. The van der Waals surface area contributed by atoms with Crippen molar-refractivity contribution < 1.29 is 42.9 Å². The first-order chi connectivity index (χ1) is 12.1. The van der Waals surface area contributed by atoms with Crippen LogP contribution < -0.4 is 0 Å². The minimum absolute atomic E-state index is 0.212. The number of rotatable bonds is 7. The van der Waals surface area contributed by atoms with Gasteiger partial charge in [0, 0.05) is 33.0 Å². The van der Waals surface area contributed by atoms with Crippen LogP contribution >= 0.6 is 15.9 Å². The molecule has 0 amide bonds. The third-order valence-electron chi connectivity index (χ3n) is 3.48. The number of ether oxygens (including phenoxy) is 5.